The number of amides is 2. The van der Waals surface area contributed by atoms with Crippen LogP contribution in [0.4, 0.5) is 0 Å². The van der Waals surface area contributed by atoms with Gasteiger partial charge in [0.05, 0.1) is 11.4 Å². The van der Waals surface area contributed by atoms with Gasteiger partial charge in [0.2, 0.25) is 12.0 Å². The molecule has 31 heavy (non-hydrogen) atoms. The molecule has 2 N–H and O–H groups in total. The lowest BCUT2D eigenvalue weighted by Crippen LogP contribution is -2.51. The molecule has 0 spiro atoms. The van der Waals surface area contributed by atoms with Crippen molar-refractivity contribution in [2.75, 3.05) is 12.4 Å². The van der Waals surface area contributed by atoms with Crippen molar-refractivity contribution in [1.82, 2.24) is 20.4 Å². The zero-order chi connectivity index (χ0) is 21.8. The van der Waals surface area contributed by atoms with Gasteiger partial charge < -0.3 is 9.47 Å². The lowest BCUT2D eigenvalue weighted by molar-refractivity contribution is -0.134. The molecule has 0 aliphatic carbocycles. The van der Waals surface area contributed by atoms with Gasteiger partial charge in [-0.15, -0.1) is 0 Å². The lowest BCUT2D eigenvalue weighted by Gasteiger charge is -2.25. The van der Waals surface area contributed by atoms with E-state index in [4.69, 9.17) is 9.47 Å². The molecule has 4 rings (SSSR count). The van der Waals surface area contributed by atoms with E-state index in [1.54, 1.807) is 24.4 Å². The van der Waals surface area contributed by atoms with Crippen molar-refractivity contribution in [3.8, 4) is 17.2 Å². The summed E-state index contributed by atoms with van der Waals surface area (Å²) in [6.07, 6.45) is 2.72. The lowest BCUT2D eigenvalue weighted by atomic mass is 10.1. The number of nitrogens with one attached hydrogen (secondary N) is 2. The highest BCUT2D eigenvalue weighted by molar-refractivity contribution is 7.99. The van der Waals surface area contributed by atoms with Gasteiger partial charge in [0.1, 0.15) is 6.61 Å². The summed E-state index contributed by atoms with van der Waals surface area (Å²) in [7, 11) is 0. The monoisotopic (exact) mass is 438 g/mol. The number of benzene rings is 2. The second kappa shape index (κ2) is 9.13. The maximum absolute atomic E-state index is 12.3. The van der Waals surface area contributed by atoms with E-state index < -0.39 is 12.0 Å². The number of carbonyl (C=O) groups is 2. The van der Waals surface area contributed by atoms with Gasteiger partial charge in [-0.2, -0.15) is 0 Å². The van der Waals surface area contributed by atoms with E-state index >= 15 is 0 Å². The van der Waals surface area contributed by atoms with Crippen molar-refractivity contribution < 1.29 is 19.1 Å². The molecule has 1 atom stereocenters. The number of ether oxygens (including phenoxy) is 2. The van der Waals surface area contributed by atoms with Crippen LogP contribution in [0.1, 0.15) is 11.1 Å². The van der Waals surface area contributed by atoms with E-state index in [-0.39, 0.29) is 18.3 Å². The van der Waals surface area contributed by atoms with Crippen molar-refractivity contribution in [2.45, 2.75) is 25.1 Å². The highest BCUT2D eigenvalue weighted by Crippen LogP contribution is 2.30. The van der Waals surface area contributed by atoms with Crippen molar-refractivity contribution in [1.29, 1.82) is 0 Å². The molecule has 1 aromatic heterocycles. The van der Waals surface area contributed by atoms with Crippen molar-refractivity contribution in [3.63, 3.8) is 0 Å². The smallest absolute Gasteiger partial charge is 0.283 e. The second-order valence-corrected chi connectivity index (χ2v) is 8.00. The van der Waals surface area contributed by atoms with Gasteiger partial charge in [0.15, 0.2) is 16.7 Å². The molecule has 160 valence electrons. The molecular weight excluding hydrogens is 416 g/mol. The Kier molecular flexibility index (Phi) is 6.13. The number of hydrogen-bond donors (Lipinski definition) is 2. The fraction of sp³-hybridized carbons (Fsp3) is 0.227. The normalized spacial score (nSPS) is 14.7. The number of fused-ring (bicyclic) bond motifs is 1. The predicted octanol–water partition coefficient (Wildman–Crippen LogP) is 2.57. The predicted molar refractivity (Wildman–Crippen MR) is 116 cm³/mol. The Morgan fingerprint density at radius 1 is 1.16 bits per heavy atom. The van der Waals surface area contributed by atoms with E-state index in [2.05, 4.69) is 34.0 Å². The first-order chi connectivity index (χ1) is 15.0. The topological polar surface area (TPSA) is 94.5 Å². The maximum Gasteiger partial charge on any atom is 0.283 e. The number of hydrogen-bond acceptors (Lipinski definition) is 6. The molecule has 3 aromatic rings. The van der Waals surface area contributed by atoms with Gasteiger partial charge in [-0.25, -0.2) is 4.98 Å². The van der Waals surface area contributed by atoms with Gasteiger partial charge in [-0.1, -0.05) is 36.0 Å². The SMILES string of the molecule is Cc1ccc(C)c(-n2ccnc2SCC(=O)NNC(=O)C2COc3ccccc3O2)c1. The first-order valence-electron chi connectivity index (χ1n) is 9.72. The minimum Gasteiger partial charge on any atom is -0.485 e. The first kappa shape index (κ1) is 20.8. The molecule has 1 unspecified atom stereocenters. The van der Waals surface area contributed by atoms with Crippen molar-refractivity contribution in [2.24, 2.45) is 0 Å². The van der Waals surface area contributed by atoms with E-state index in [0.29, 0.717) is 16.7 Å². The molecule has 2 aromatic carbocycles. The maximum atomic E-state index is 12.3. The van der Waals surface area contributed by atoms with Crippen LogP contribution in [0, 0.1) is 13.8 Å². The zero-order valence-corrected chi connectivity index (χ0v) is 17.9. The standard InChI is InChI=1S/C22H22N4O4S/c1-14-7-8-15(2)16(11-14)26-10-9-23-22(26)31-13-20(27)24-25-21(28)19-12-29-17-5-3-4-6-18(17)30-19/h3-11,19H,12-13H2,1-2H3,(H,24,27)(H,25,28). The summed E-state index contributed by atoms with van der Waals surface area (Å²) in [6.45, 7) is 4.13. The fourth-order valence-corrected chi connectivity index (χ4v) is 3.85. The van der Waals surface area contributed by atoms with Gasteiger partial charge in [0.25, 0.3) is 5.91 Å². The molecule has 0 fully saturated rings. The molecule has 1 aliphatic rings. The van der Waals surface area contributed by atoms with Crippen LogP contribution in [0.3, 0.4) is 0 Å². The largest absolute Gasteiger partial charge is 0.485 e. The Morgan fingerprint density at radius 3 is 2.81 bits per heavy atom. The number of hydrazine groups is 1. The molecule has 2 amide bonds. The van der Waals surface area contributed by atoms with Crippen LogP contribution in [0.25, 0.3) is 5.69 Å². The van der Waals surface area contributed by atoms with Crippen molar-refractivity contribution >= 4 is 23.6 Å². The number of nitrogens with zero attached hydrogens (tertiary/aromatic N) is 2. The van der Waals surface area contributed by atoms with Crippen LogP contribution in [0.5, 0.6) is 11.5 Å². The Hall–Kier alpha value is -3.46. The van der Waals surface area contributed by atoms with Gasteiger partial charge in [0, 0.05) is 12.4 Å². The van der Waals surface area contributed by atoms with Crippen LogP contribution in [0.2, 0.25) is 0 Å². The second-order valence-electron chi connectivity index (χ2n) is 7.06. The molecule has 2 heterocycles. The van der Waals surface area contributed by atoms with E-state index in [1.807, 2.05) is 30.7 Å². The van der Waals surface area contributed by atoms with E-state index in [0.717, 1.165) is 16.8 Å². The van der Waals surface area contributed by atoms with Crippen LogP contribution in [0.15, 0.2) is 60.0 Å². The number of rotatable bonds is 5. The molecule has 1 aliphatic heterocycles. The summed E-state index contributed by atoms with van der Waals surface area (Å²) < 4.78 is 13.1. The molecule has 0 saturated carbocycles. The Labute approximate surface area is 183 Å². The van der Waals surface area contributed by atoms with Crippen LogP contribution < -0.4 is 20.3 Å². The third-order valence-electron chi connectivity index (χ3n) is 4.69. The van der Waals surface area contributed by atoms with Gasteiger partial charge >= 0.3 is 0 Å². The summed E-state index contributed by atoms with van der Waals surface area (Å²) in [5.74, 6) is 0.337. The molecule has 0 bridgehead atoms. The van der Waals surface area contributed by atoms with Crippen LogP contribution in [-0.2, 0) is 9.59 Å². The van der Waals surface area contributed by atoms with Gasteiger partial charge in [-0.05, 0) is 43.2 Å². The number of aryl methyl sites for hydroxylation is 2. The summed E-state index contributed by atoms with van der Waals surface area (Å²) in [5.41, 5.74) is 8.07. The number of aromatic nitrogens is 2. The molecular formula is C22H22N4O4S. The number of carbonyl (C=O) groups excluding carboxylic acids is 2. The van der Waals surface area contributed by atoms with Crippen LogP contribution >= 0.6 is 11.8 Å². The first-order valence-corrected chi connectivity index (χ1v) is 10.7. The summed E-state index contributed by atoms with van der Waals surface area (Å²) >= 11 is 1.28. The Bertz CT molecular complexity index is 1110. The molecule has 0 saturated heterocycles. The minimum atomic E-state index is -0.842. The third-order valence-corrected chi connectivity index (χ3v) is 5.66. The highest BCUT2D eigenvalue weighted by atomic mass is 32.2. The average molecular weight is 439 g/mol. The number of imidazole rings is 1. The Balaban J connectivity index is 1.29. The third kappa shape index (κ3) is 4.83. The van der Waals surface area contributed by atoms with Gasteiger partial charge in [-0.3, -0.25) is 25.0 Å². The quantitative estimate of drug-likeness (QED) is 0.470. The van der Waals surface area contributed by atoms with E-state index in [1.165, 1.54) is 11.8 Å². The van der Waals surface area contributed by atoms with Crippen LogP contribution in [-0.4, -0.2) is 39.8 Å². The van der Waals surface area contributed by atoms with Crippen molar-refractivity contribution in [3.05, 3.63) is 66.0 Å². The average Bonchev–Trinajstić information content (AvgIpc) is 3.25. The Morgan fingerprint density at radius 2 is 1.97 bits per heavy atom. The summed E-state index contributed by atoms with van der Waals surface area (Å²) in [4.78, 5) is 28.9. The highest BCUT2D eigenvalue weighted by Gasteiger charge is 2.27. The minimum absolute atomic E-state index is 0.0702. The molecule has 0 radical (unpaired) electrons. The zero-order valence-electron chi connectivity index (χ0n) is 17.1. The molecule has 9 heteroatoms. The fourth-order valence-electron chi connectivity index (χ4n) is 3.09. The number of para-hydroxylation sites is 2. The summed E-state index contributed by atoms with van der Waals surface area (Å²) in [5, 5.41) is 0.691. The molecule has 8 nitrogen and oxygen atoms in total. The van der Waals surface area contributed by atoms with E-state index in [9.17, 15) is 9.59 Å². The number of thioether (sulfide) groups is 1. The summed E-state index contributed by atoms with van der Waals surface area (Å²) in [6, 6.07) is 13.3.